The van der Waals surface area contributed by atoms with Gasteiger partial charge in [-0.05, 0) is 86.9 Å². The Morgan fingerprint density at radius 1 is 1.09 bits per heavy atom. The van der Waals surface area contributed by atoms with Gasteiger partial charge in [-0.25, -0.2) is 4.79 Å². The van der Waals surface area contributed by atoms with Crippen LogP contribution >= 0.6 is 15.9 Å². The van der Waals surface area contributed by atoms with Crippen LogP contribution in [0.2, 0.25) is 0 Å². The fourth-order valence-electron chi connectivity index (χ4n) is 6.03. The molecule has 0 aromatic heterocycles. The van der Waals surface area contributed by atoms with E-state index < -0.39 is 0 Å². The average Bonchev–Trinajstić information content (AvgIpc) is 3.58. The second kappa shape index (κ2) is 9.78. The standard InChI is InChI=1S/C27H34BrN3O3/c1-33-23-9-8-19(14-24(23)34-2)27-11-10-22(16-25(27)31(13-12-27)17-18-6-7-18)30-26(32)29-21-5-3-4-20(28)15-21/h3-5,8-9,14-15,18,22,25H,6-7,10-13,16-17H2,1-2H3,(H2,29,30,32)/t22-,25+,27-/m0/s1. The lowest BCUT2D eigenvalue weighted by Gasteiger charge is -2.45. The lowest BCUT2D eigenvalue weighted by molar-refractivity contribution is 0.132. The van der Waals surface area contributed by atoms with Crippen LogP contribution in [0.15, 0.2) is 46.9 Å². The van der Waals surface area contributed by atoms with Crippen molar-refractivity contribution in [3.8, 4) is 11.5 Å². The van der Waals surface area contributed by atoms with Crippen molar-refractivity contribution in [2.24, 2.45) is 5.92 Å². The van der Waals surface area contributed by atoms with Gasteiger partial charge < -0.3 is 20.1 Å². The van der Waals surface area contributed by atoms with Gasteiger partial charge in [0.15, 0.2) is 11.5 Å². The maximum Gasteiger partial charge on any atom is 0.319 e. The highest BCUT2D eigenvalue weighted by Gasteiger charge is 2.52. The monoisotopic (exact) mass is 527 g/mol. The highest BCUT2D eigenvalue weighted by molar-refractivity contribution is 9.10. The molecular weight excluding hydrogens is 494 g/mol. The van der Waals surface area contributed by atoms with E-state index in [1.807, 2.05) is 30.3 Å². The number of benzene rings is 2. The van der Waals surface area contributed by atoms with Gasteiger partial charge in [-0.2, -0.15) is 0 Å². The third kappa shape index (κ3) is 4.78. The smallest absolute Gasteiger partial charge is 0.319 e. The van der Waals surface area contributed by atoms with Crippen molar-refractivity contribution in [1.82, 2.24) is 10.2 Å². The van der Waals surface area contributed by atoms with Crippen molar-refractivity contribution >= 4 is 27.6 Å². The highest BCUT2D eigenvalue weighted by Crippen LogP contribution is 2.51. The summed E-state index contributed by atoms with van der Waals surface area (Å²) in [7, 11) is 3.39. The quantitative estimate of drug-likeness (QED) is 0.494. The molecule has 5 rings (SSSR count). The minimum atomic E-state index is -0.131. The number of likely N-dealkylation sites (tertiary alicyclic amines) is 1. The molecule has 1 saturated heterocycles. The molecule has 3 atom stereocenters. The number of halogens is 1. The number of hydrogen-bond donors (Lipinski definition) is 2. The predicted molar refractivity (Wildman–Crippen MR) is 138 cm³/mol. The molecule has 6 nitrogen and oxygen atoms in total. The summed E-state index contributed by atoms with van der Waals surface area (Å²) in [6, 6.07) is 14.6. The van der Waals surface area contributed by atoms with E-state index in [4.69, 9.17) is 9.47 Å². The number of nitrogens with one attached hydrogen (secondary N) is 2. The molecule has 2 aromatic rings. The van der Waals surface area contributed by atoms with E-state index >= 15 is 0 Å². The van der Waals surface area contributed by atoms with Crippen LogP contribution in [-0.4, -0.2) is 50.3 Å². The number of fused-ring (bicyclic) bond motifs is 1. The third-order valence-corrected chi connectivity index (χ3v) is 8.43. The summed E-state index contributed by atoms with van der Waals surface area (Å²) < 4.78 is 12.1. The zero-order valence-corrected chi connectivity index (χ0v) is 21.6. The van der Waals surface area contributed by atoms with E-state index in [9.17, 15) is 4.79 Å². The van der Waals surface area contributed by atoms with Crippen molar-refractivity contribution in [3.05, 3.63) is 52.5 Å². The molecule has 1 heterocycles. The lowest BCUT2D eigenvalue weighted by Crippen LogP contribution is -2.53. The molecule has 182 valence electrons. The molecule has 7 heteroatoms. The second-order valence-electron chi connectivity index (χ2n) is 10.0. The first-order valence-corrected chi connectivity index (χ1v) is 13.1. The molecule has 3 fully saturated rings. The fraction of sp³-hybridized carbons (Fsp3) is 0.519. The SMILES string of the molecule is COc1ccc([C@@]23CC[C@H](NC(=O)Nc4cccc(Br)c4)C[C@H]2N(CC2CC2)CC3)cc1OC. The molecule has 34 heavy (non-hydrogen) atoms. The Morgan fingerprint density at radius 2 is 1.91 bits per heavy atom. The highest BCUT2D eigenvalue weighted by atomic mass is 79.9. The summed E-state index contributed by atoms with van der Waals surface area (Å²) in [6.07, 6.45) is 6.83. The number of hydrogen-bond acceptors (Lipinski definition) is 4. The zero-order valence-electron chi connectivity index (χ0n) is 20.0. The molecule has 2 saturated carbocycles. The van der Waals surface area contributed by atoms with Gasteiger partial charge in [-0.15, -0.1) is 0 Å². The minimum Gasteiger partial charge on any atom is -0.493 e. The van der Waals surface area contributed by atoms with Crippen LogP contribution in [0.3, 0.4) is 0 Å². The first kappa shape index (κ1) is 23.5. The Kier molecular flexibility index (Phi) is 6.76. The van der Waals surface area contributed by atoms with Crippen LogP contribution in [-0.2, 0) is 5.41 Å². The maximum atomic E-state index is 12.8. The molecule has 2 N–H and O–H groups in total. The summed E-state index contributed by atoms with van der Waals surface area (Å²) in [6.45, 7) is 2.29. The summed E-state index contributed by atoms with van der Waals surface area (Å²) in [5.74, 6) is 2.41. The summed E-state index contributed by atoms with van der Waals surface area (Å²) in [5, 5.41) is 6.25. The lowest BCUT2D eigenvalue weighted by atomic mass is 9.65. The van der Waals surface area contributed by atoms with E-state index in [-0.39, 0.29) is 17.5 Å². The number of nitrogens with zero attached hydrogens (tertiary/aromatic N) is 1. The zero-order chi connectivity index (χ0) is 23.7. The van der Waals surface area contributed by atoms with Gasteiger partial charge in [-0.3, -0.25) is 4.90 Å². The Hall–Kier alpha value is -2.25. The molecule has 0 spiro atoms. The minimum absolute atomic E-state index is 0.0907. The van der Waals surface area contributed by atoms with Gasteiger partial charge in [0.05, 0.1) is 14.2 Å². The van der Waals surface area contributed by atoms with Crippen LogP contribution in [0.4, 0.5) is 10.5 Å². The molecule has 2 aliphatic carbocycles. The molecular formula is C27H34BrN3O3. The normalized spacial score (nSPS) is 26.6. The number of anilines is 1. The van der Waals surface area contributed by atoms with Gasteiger partial charge in [-0.1, -0.05) is 28.1 Å². The van der Waals surface area contributed by atoms with Crippen LogP contribution in [0.25, 0.3) is 0 Å². The number of ether oxygens (including phenoxy) is 2. The van der Waals surface area contributed by atoms with E-state index in [0.29, 0.717) is 6.04 Å². The average molecular weight is 528 g/mol. The Bertz CT molecular complexity index is 1040. The van der Waals surface area contributed by atoms with Crippen molar-refractivity contribution in [1.29, 1.82) is 0 Å². The Balaban J connectivity index is 1.34. The van der Waals surface area contributed by atoms with Crippen LogP contribution < -0.4 is 20.1 Å². The number of methoxy groups -OCH3 is 2. The molecule has 0 bridgehead atoms. The number of rotatable bonds is 7. The van der Waals surface area contributed by atoms with Gasteiger partial charge >= 0.3 is 6.03 Å². The summed E-state index contributed by atoms with van der Waals surface area (Å²) >= 11 is 3.47. The number of urea groups is 1. The first-order chi connectivity index (χ1) is 16.5. The number of amides is 2. The van der Waals surface area contributed by atoms with Crippen LogP contribution in [0.5, 0.6) is 11.5 Å². The fourth-order valence-corrected chi connectivity index (χ4v) is 6.43. The van der Waals surface area contributed by atoms with Gasteiger partial charge in [0.1, 0.15) is 0 Å². The molecule has 2 aromatic carbocycles. The topological polar surface area (TPSA) is 62.8 Å². The van der Waals surface area contributed by atoms with Crippen LogP contribution in [0.1, 0.15) is 44.1 Å². The first-order valence-electron chi connectivity index (χ1n) is 12.3. The van der Waals surface area contributed by atoms with E-state index in [1.54, 1.807) is 14.2 Å². The van der Waals surface area contributed by atoms with E-state index in [0.717, 1.165) is 59.8 Å². The molecule has 0 radical (unpaired) electrons. The summed E-state index contributed by atoms with van der Waals surface area (Å²) in [4.78, 5) is 15.5. The third-order valence-electron chi connectivity index (χ3n) is 7.94. The molecule has 2 amide bonds. The Morgan fingerprint density at radius 3 is 2.65 bits per heavy atom. The summed E-state index contributed by atoms with van der Waals surface area (Å²) in [5.41, 5.74) is 2.22. The van der Waals surface area contributed by atoms with Crippen LogP contribution in [0, 0.1) is 5.92 Å². The number of carbonyl (C=O) groups is 1. The number of carbonyl (C=O) groups excluding carboxylic acids is 1. The van der Waals surface area contributed by atoms with Crippen molar-refractivity contribution in [2.75, 3.05) is 32.6 Å². The van der Waals surface area contributed by atoms with Crippen molar-refractivity contribution < 1.29 is 14.3 Å². The van der Waals surface area contributed by atoms with Crippen molar-refractivity contribution in [2.45, 2.75) is 56.0 Å². The largest absolute Gasteiger partial charge is 0.493 e. The van der Waals surface area contributed by atoms with Crippen molar-refractivity contribution in [3.63, 3.8) is 0 Å². The molecule has 1 aliphatic heterocycles. The van der Waals surface area contributed by atoms with E-state index in [1.165, 1.54) is 24.9 Å². The van der Waals surface area contributed by atoms with E-state index in [2.05, 4.69) is 43.6 Å². The second-order valence-corrected chi connectivity index (χ2v) is 10.9. The molecule has 0 unspecified atom stereocenters. The molecule has 3 aliphatic rings. The predicted octanol–water partition coefficient (Wildman–Crippen LogP) is 5.56. The maximum absolute atomic E-state index is 12.8. The van der Waals surface area contributed by atoms with Gasteiger partial charge in [0.25, 0.3) is 0 Å². The Labute approximate surface area is 210 Å². The van der Waals surface area contributed by atoms with Gasteiger partial charge in [0.2, 0.25) is 0 Å². The van der Waals surface area contributed by atoms with Gasteiger partial charge in [0, 0.05) is 34.2 Å².